The van der Waals surface area contributed by atoms with Gasteiger partial charge < -0.3 is 9.80 Å². The number of aromatic nitrogens is 2. The monoisotopic (exact) mass is 547 g/mol. The Bertz CT molecular complexity index is 1470. The smallest absolute Gasteiger partial charge is 0.352 e. The van der Waals surface area contributed by atoms with Crippen molar-refractivity contribution in [1.29, 1.82) is 0 Å². The number of carbonyl (C=O) groups is 2. The second kappa shape index (κ2) is 10.4. The molecule has 2 amide bonds. The number of rotatable bonds is 5. The van der Waals surface area contributed by atoms with E-state index in [0.717, 1.165) is 6.92 Å². The maximum absolute atomic E-state index is 14.0. The summed E-state index contributed by atoms with van der Waals surface area (Å²) in [4.78, 5) is 34.0. The first kappa shape index (κ1) is 27.0. The third-order valence-corrected chi connectivity index (χ3v) is 7.36. The highest BCUT2D eigenvalue weighted by molar-refractivity contribution is 7.90. The van der Waals surface area contributed by atoms with E-state index in [9.17, 15) is 31.2 Å². The van der Waals surface area contributed by atoms with Crippen LogP contribution in [0.25, 0.3) is 22.4 Å². The molecule has 1 aliphatic rings. The molecule has 0 unspecified atom stereocenters. The number of nitrogens with zero attached hydrogens (tertiary/aromatic N) is 4. The average molecular weight is 548 g/mol. The second-order valence-electron chi connectivity index (χ2n) is 8.64. The topological polar surface area (TPSA) is 113 Å². The lowest BCUT2D eigenvalue weighted by Crippen LogP contribution is -2.48. The quantitative estimate of drug-likeness (QED) is 0.522. The van der Waals surface area contributed by atoms with Crippen molar-refractivity contribution in [3.63, 3.8) is 0 Å². The highest BCUT2D eigenvalue weighted by atomic mass is 32.2. The van der Waals surface area contributed by atoms with Crippen molar-refractivity contribution in [3.05, 3.63) is 60.4 Å². The van der Waals surface area contributed by atoms with Gasteiger partial charge in [-0.05, 0) is 17.7 Å². The molecule has 0 spiro atoms. The Hall–Kier alpha value is -4.00. The first-order valence-corrected chi connectivity index (χ1v) is 13.0. The fraction of sp³-hybridized carbons (Fsp3) is 0.280. The van der Waals surface area contributed by atoms with Crippen molar-refractivity contribution in [2.45, 2.75) is 24.9 Å². The van der Waals surface area contributed by atoms with Gasteiger partial charge in [-0.2, -0.15) is 13.2 Å². The summed E-state index contributed by atoms with van der Waals surface area (Å²) < 4.78 is 69.2. The first-order chi connectivity index (χ1) is 17.9. The van der Waals surface area contributed by atoms with Crippen LogP contribution in [0.15, 0.2) is 59.5 Å². The SMILES string of the molecule is CC(=O)NS(=O)(=O)c1cccc(-c2c(-c3ccccc3)nc(C(F)(F)F)nc2N2CCN(C(C)=O)CC2)c1. The zero-order chi connectivity index (χ0) is 27.7. The van der Waals surface area contributed by atoms with Crippen molar-refractivity contribution >= 4 is 27.7 Å². The van der Waals surface area contributed by atoms with Gasteiger partial charge >= 0.3 is 6.18 Å². The number of sulfonamides is 1. The molecule has 0 bridgehead atoms. The van der Waals surface area contributed by atoms with Gasteiger partial charge in [-0.3, -0.25) is 9.59 Å². The molecule has 13 heteroatoms. The van der Waals surface area contributed by atoms with Crippen LogP contribution >= 0.6 is 0 Å². The molecule has 38 heavy (non-hydrogen) atoms. The summed E-state index contributed by atoms with van der Waals surface area (Å²) in [6.07, 6.45) is -4.85. The van der Waals surface area contributed by atoms with Crippen molar-refractivity contribution < 1.29 is 31.2 Å². The molecule has 2 heterocycles. The van der Waals surface area contributed by atoms with Crippen LogP contribution in [-0.2, 0) is 25.8 Å². The van der Waals surface area contributed by atoms with Crippen LogP contribution in [-0.4, -0.2) is 61.3 Å². The minimum atomic E-state index is -4.85. The number of benzene rings is 2. The Morgan fingerprint density at radius 2 is 1.53 bits per heavy atom. The molecule has 0 radical (unpaired) electrons. The number of hydrogen-bond acceptors (Lipinski definition) is 7. The summed E-state index contributed by atoms with van der Waals surface area (Å²) in [7, 11) is -4.23. The molecule has 1 fully saturated rings. The van der Waals surface area contributed by atoms with Crippen LogP contribution in [0.4, 0.5) is 19.0 Å². The third kappa shape index (κ3) is 5.77. The second-order valence-corrected chi connectivity index (χ2v) is 10.3. The summed E-state index contributed by atoms with van der Waals surface area (Å²) in [6.45, 7) is 3.44. The van der Waals surface area contributed by atoms with Crippen molar-refractivity contribution in [1.82, 2.24) is 19.6 Å². The Balaban J connectivity index is 1.97. The molecule has 2 aromatic carbocycles. The van der Waals surface area contributed by atoms with Crippen LogP contribution in [0.3, 0.4) is 0 Å². The Morgan fingerprint density at radius 1 is 0.895 bits per heavy atom. The van der Waals surface area contributed by atoms with Crippen LogP contribution in [0, 0.1) is 0 Å². The van der Waals surface area contributed by atoms with Gasteiger partial charge in [0.2, 0.25) is 17.6 Å². The lowest BCUT2D eigenvalue weighted by Gasteiger charge is -2.36. The molecule has 1 aliphatic heterocycles. The highest BCUT2D eigenvalue weighted by Crippen LogP contribution is 2.41. The molecule has 1 saturated heterocycles. The molecule has 9 nitrogen and oxygen atoms in total. The van der Waals surface area contributed by atoms with Crippen LogP contribution in [0.5, 0.6) is 0 Å². The summed E-state index contributed by atoms with van der Waals surface area (Å²) in [5.41, 5.74) is 0.772. The van der Waals surface area contributed by atoms with E-state index in [4.69, 9.17) is 0 Å². The van der Waals surface area contributed by atoms with E-state index in [1.165, 1.54) is 25.1 Å². The molecule has 200 valence electrons. The predicted octanol–water partition coefficient (Wildman–Crippen LogP) is 3.32. The molecule has 4 rings (SSSR count). The normalized spacial score (nSPS) is 14.3. The summed E-state index contributed by atoms with van der Waals surface area (Å²) >= 11 is 0. The average Bonchev–Trinajstić information content (AvgIpc) is 2.87. The summed E-state index contributed by atoms with van der Waals surface area (Å²) in [5.74, 6) is -2.32. The maximum atomic E-state index is 14.0. The molecule has 3 aromatic rings. The molecule has 0 aliphatic carbocycles. The third-order valence-electron chi connectivity index (χ3n) is 5.93. The fourth-order valence-electron chi connectivity index (χ4n) is 4.18. The maximum Gasteiger partial charge on any atom is 0.451 e. The minimum Gasteiger partial charge on any atom is -0.352 e. The van der Waals surface area contributed by atoms with Gasteiger partial charge in [0.1, 0.15) is 5.82 Å². The number of anilines is 1. The van der Waals surface area contributed by atoms with Gasteiger partial charge in [0.05, 0.1) is 16.2 Å². The number of carbonyl (C=O) groups excluding carboxylic acids is 2. The van der Waals surface area contributed by atoms with Crippen LogP contribution in [0.2, 0.25) is 0 Å². The van der Waals surface area contributed by atoms with Crippen molar-refractivity contribution in [2.75, 3.05) is 31.1 Å². The largest absolute Gasteiger partial charge is 0.451 e. The Kier molecular flexibility index (Phi) is 7.40. The number of piperazine rings is 1. The van der Waals surface area contributed by atoms with Gasteiger partial charge in [0, 0.05) is 45.6 Å². The zero-order valence-corrected chi connectivity index (χ0v) is 21.3. The van der Waals surface area contributed by atoms with E-state index < -0.39 is 27.9 Å². The van der Waals surface area contributed by atoms with E-state index in [2.05, 4.69) is 9.97 Å². The van der Waals surface area contributed by atoms with Gasteiger partial charge in [-0.25, -0.2) is 23.1 Å². The van der Waals surface area contributed by atoms with Gasteiger partial charge in [0.25, 0.3) is 10.0 Å². The van der Waals surface area contributed by atoms with E-state index >= 15 is 0 Å². The molecular formula is C25H24F3N5O4S. The predicted molar refractivity (Wildman–Crippen MR) is 133 cm³/mol. The van der Waals surface area contributed by atoms with E-state index in [0.29, 0.717) is 5.56 Å². The first-order valence-electron chi connectivity index (χ1n) is 11.6. The minimum absolute atomic E-state index is 0.0361. The molecule has 1 aromatic heterocycles. The standard InChI is InChI=1S/C25H24F3N5O4S/c1-16(34)31-38(36,37)20-10-6-9-19(15-20)21-22(18-7-4-3-5-8-18)29-24(25(26,27)28)30-23(21)33-13-11-32(12-14-33)17(2)35/h3-10,15H,11-14H2,1-2H3,(H,31,34). The zero-order valence-electron chi connectivity index (χ0n) is 20.5. The van der Waals surface area contributed by atoms with Crippen LogP contribution in [0.1, 0.15) is 19.7 Å². The summed E-state index contributed by atoms with van der Waals surface area (Å²) in [6, 6.07) is 13.7. The fourth-order valence-corrected chi connectivity index (χ4v) is 5.21. The van der Waals surface area contributed by atoms with E-state index in [1.54, 1.807) is 46.2 Å². The lowest BCUT2D eigenvalue weighted by molar-refractivity contribution is -0.144. The number of halogens is 3. The van der Waals surface area contributed by atoms with E-state index in [-0.39, 0.29) is 59.6 Å². The molecule has 0 saturated carbocycles. The Labute approximate surface area is 217 Å². The van der Waals surface area contributed by atoms with Gasteiger partial charge in [0.15, 0.2) is 0 Å². The summed E-state index contributed by atoms with van der Waals surface area (Å²) in [5, 5.41) is 0. The van der Waals surface area contributed by atoms with Crippen molar-refractivity contribution in [3.8, 4) is 22.4 Å². The molecule has 0 atom stereocenters. The van der Waals surface area contributed by atoms with E-state index in [1.807, 2.05) is 4.72 Å². The number of nitrogens with one attached hydrogen (secondary N) is 1. The van der Waals surface area contributed by atoms with Crippen molar-refractivity contribution in [2.24, 2.45) is 0 Å². The number of alkyl halides is 3. The van der Waals surface area contributed by atoms with Gasteiger partial charge in [-0.15, -0.1) is 0 Å². The van der Waals surface area contributed by atoms with Crippen LogP contribution < -0.4 is 9.62 Å². The Morgan fingerprint density at radius 3 is 2.11 bits per heavy atom. The molecule has 1 N–H and O–H groups in total. The molecular weight excluding hydrogens is 523 g/mol. The highest BCUT2D eigenvalue weighted by Gasteiger charge is 2.38. The van der Waals surface area contributed by atoms with Gasteiger partial charge in [-0.1, -0.05) is 42.5 Å². The lowest BCUT2D eigenvalue weighted by atomic mass is 9.98. The number of hydrogen-bond donors (Lipinski definition) is 1. The number of amides is 2.